The van der Waals surface area contributed by atoms with Crippen molar-refractivity contribution >= 4 is 0 Å². The fourth-order valence-electron chi connectivity index (χ4n) is 2.06. The van der Waals surface area contributed by atoms with Crippen LogP contribution in [0.2, 0.25) is 0 Å². The van der Waals surface area contributed by atoms with E-state index in [1.807, 2.05) is 0 Å². The molecule has 0 fully saturated rings. The summed E-state index contributed by atoms with van der Waals surface area (Å²) >= 11 is 0. The van der Waals surface area contributed by atoms with Crippen molar-refractivity contribution in [1.82, 2.24) is 0 Å². The van der Waals surface area contributed by atoms with Gasteiger partial charge in [0.15, 0.2) is 0 Å². The highest BCUT2D eigenvalue weighted by molar-refractivity contribution is 4.95. The molecule has 0 N–H and O–H groups in total. The predicted octanol–water partition coefficient (Wildman–Crippen LogP) is 5.70. The second kappa shape index (κ2) is 9.51. The lowest BCUT2D eigenvalue weighted by atomic mass is 9.78. The Balaban J connectivity index is 3.37. The summed E-state index contributed by atoms with van der Waals surface area (Å²) in [6.45, 7) is 8.59. The van der Waals surface area contributed by atoms with E-state index < -0.39 is 0 Å². The lowest BCUT2D eigenvalue weighted by Gasteiger charge is -2.24. The Bertz CT molecular complexity index is 212. The van der Waals surface area contributed by atoms with Gasteiger partial charge in [-0.2, -0.15) is 5.26 Å². The summed E-state index contributed by atoms with van der Waals surface area (Å²) in [6, 6.07) is 2.42. The molecule has 17 heavy (non-hydrogen) atoms. The first-order valence-corrected chi connectivity index (χ1v) is 7.45. The van der Waals surface area contributed by atoms with Crippen molar-refractivity contribution in [2.24, 2.45) is 11.3 Å². The number of rotatable bonds is 10. The van der Waals surface area contributed by atoms with Gasteiger partial charge in [0, 0.05) is 0 Å². The first-order valence-electron chi connectivity index (χ1n) is 7.45. The molecule has 0 spiro atoms. The minimum atomic E-state index is -0.152. The summed E-state index contributed by atoms with van der Waals surface area (Å²) < 4.78 is 0. The van der Waals surface area contributed by atoms with E-state index in [1.165, 1.54) is 57.8 Å². The van der Waals surface area contributed by atoms with Gasteiger partial charge in [0.25, 0.3) is 0 Å². The van der Waals surface area contributed by atoms with Gasteiger partial charge in [-0.1, -0.05) is 65.2 Å². The van der Waals surface area contributed by atoms with Gasteiger partial charge in [0.1, 0.15) is 0 Å². The van der Waals surface area contributed by atoms with E-state index in [0.29, 0.717) is 5.92 Å². The summed E-state index contributed by atoms with van der Waals surface area (Å²) in [5.74, 6) is 0.521. The van der Waals surface area contributed by atoms with Gasteiger partial charge >= 0.3 is 0 Å². The van der Waals surface area contributed by atoms with Crippen LogP contribution in [0.4, 0.5) is 0 Å². The number of hydrogen-bond donors (Lipinski definition) is 0. The lowest BCUT2D eigenvalue weighted by molar-refractivity contribution is 0.290. The third-order valence-corrected chi connectivity index (χ3v) is 4.01. The highest BCUT2D eigenvalue weighted by atomic mass is 14.4. The molecule has 1 heteroatoms. The summed E-state index contributed by atoms with van der Waals surface area (Å²) in [6.07, 6.45) is 12.2. The molecule has 100 valence electrons. The zero-order chi connectivity index (χ0) is 13.1. The van der Waals surface area contributed by atoms with Crippen LogP contribution in [0.5, 0.6) is 0 Å². The minimum Gasteiger partial charge on any atom is -0.198 e. The molecule has 0 bridgehead atoms. The molecule has 1 unspecified atom stereocenters. The molecule has 0 aliphatic carbocycles. The van der Waals surface area contributed by atoms with Crippen LogP contribution < -0.4 is 0 Å². The third kappa shape index (κ3) is 8.25. The molecule has 0 aromatic rings. The molecule has 0 aliphatic rings. The first kappa shape index (κ1) is 16.5. The molecule has 0 amide bonds. The van der Waals surface area contributed by atoms with E-state index in [-0.39, 0.29) is 5.41 Å². The van der Waals surface area contributed by atoms with Crippen molar-refractivity contribution in [2.75, 3.05) is 0 Å². The number of unbranched alkanes of at least 4 members (excludes halogenated alkanes) is 7. The Labute approximate surface area is 109 Å². The molecular weight excluding hydrogens is 206 g/mol. The Kier molecular flexibility index (Phi) is 9.23. The van der Waals surface area contributed by atoms with E-state index in [9.17, 15) is 0 Å². The van der Waals surface area contributed by atoms with Crippen molar-refractivity contribution in [3.63, 3.8) is 0 Å². The molecule has 0 heterocycles. The molecule has 0 aromatic heterocycles. The number of nitriles is 1. The maximum absolute atomic E-state index is 9.04. The van der Waals surface area contributed by atoms with Gasteiger partial charge in [-0.3, -0.25) is 0 Å². The SMILES string of the molecule is CCCCCCCCCCC(C)C(C)(C)C#N. The lowest BCUT2D eigenvalue weighted by Crippen LogP contribution is -2.19. The molecule has 0 saturated carbocycles. The van der Waals surface area contributed by atoms with Crippen LogP contribution in [0.1, 0.15) is 85.5 Å². The van der Waals surface area contributed by atoms with E-state index in [0.717, 1.165) is 0 Å². The normalized spacial score (nSPS) is 13.4. The van der Waals surface area contributed by atoms with Crippen LogP contribution in [0.25, 0.3) is 0 Å². The van der Waals surface area contributed by atoms with Crippen LogP contribution in [-0.4, -0.2) is 0 Å². The molecule has 0 aliphatic heterocycles. The average Bonchev–Trinajstić information content (AvgIpc) is 2.32. The predicted molar refractivity (Wildman–Crippen MR) is 75.8 cm³/mol. The second-order valence-electron chi connectivity index (χ2n) is 6.00. The van der Waals surface area contributed by atoms with E-state index >= 15 is 0 Å². The van der Waals surface area contributed by atoms with Gasteiger partial charge in [-0.05, 0) is 26.2 Å². The van der Waals surface area contributed by atoms with E-state index in [2.05, 4.69) is 33.8 Å². The maximum atomic E-state index is 9.04. The Morgan fingerprint density at radius 1 is 0.941 bits per heavy atom. The van der Waals surface area contributed by atoms with Crippen LogP contribution in [0.3, 0.4) is 0 Å². The molecule has 1 atom stereocenters. The fourth-order valence-corrected chi connectivity index (χ4v) is 2.06. The molecule has 0 radical (unpaired) electrons. The van der Waals surface area contributed by atoms with Crippen LogP contribution in [0, 0.1) is 22.7 Å². The van der Waals surface area contributed by atoms with Crippen LogP contribution >= 0.6 is 0 Å². The smallest absolute Gasteiger partial charge is 0.0686 e. The van der Waals surface area contributed by atoms with Crippen molar-refractivity contribution in [3.05, 3.63) is 0 Å². The molecule has 0 aromatic carbocycles. The van der Waals surface area contributed by atoms with E-state index in [1.54, 1.807) is 0 Å². The highest BCUT2D eigenvalue weighted by Gasteiger charge is 2.24. The molecular formula is C16H31N. The quantitative estimate of drug-likeness (QED) is 0.447. The highest BCUT2D eigenvalue weighted by Crippen LogP contribution is 2.29. The summed E-state index contributed by atoms with van der Waals surface area (Å²) in [5, 5.41) is 9.04. The Hall–Kier alpha value is -0.510. The molecule has 0 rings (SSSR count). The van der Waals surface area contributed by atoms with Gasteiger partial charge in [0.05, 0.1) is 11.5 Å². The van der Waals surface area contributed by atoms with Crippen LogP contribution in [0.15, 0.2) is 0 Å². The fraction of sp³-hybridized carbons (Fsp3) is 0.938. The zero-order valence-corrected chi connectivity index (χ0v) is 12.4. The van der Waals surface area contributed by atoms with Crippen molar-refractivity contribution in [2.45, 2.75) is 85.5 Å². The second-order valence-corrected chi connectivity index (χ2v) is 6.00. The topological polar surface area (TPSA) is 23.8 Å². The first-order chi connectivity index (χ1) is 8.04. The minimum absolute atomic E-state index is 0.152. The Morgan fingerprint density at radius 2 is 1.41 bits per heavy atom. The van der Waals surface area contributed by atoms with E-state index in [4.69, 9.17) is 5.26 Å². The van der Waals surface area contributed by atoms with Gasteiger partial charge < -0.3 is 0 Å². The summed E-state index contributed by atoms with van der Waals surface area (Å²) in [7, 11) is 0. The van der Waals surface area contributed by atoms with Gasteiger partial charge in [0.2, 0.25) is 0 Å². The molecule has 1 nitrogen and oxygen atoms in total. The van der Waals surface area contributed by atoms with Crippen LogP contribution in [-0.2, 0) is 0 Å². The Morgan fingerprint density at radius 3 is 1.88 bits per heavy atom. The van der Waals surface area contributed by atoms with Crippen molar-refractivity contribution < 1.29 is 0 Å². The monoisotopic (exact) mass is 237 g/mol. The zero-order valence-electron chi connectivity index (χ0n) is 12.4. The van der Waals surface area contributed by atoms with Crippen molar-refractivity contribution in [3.8, 4) is 6.07 Å². The standard InChI is InChI=1S/C16H31N/c1-5-6-7-8-9-10-11-12-13-15(2)16(3,4)14-17/h15H,5-13H2,1-4H3. The van der Waals surface area contributed by atoms with Gasteiger partial charge in [-0.15, -0.1) is 0 Å². The summed E-state index contributed by atoms with van der Waals surface area (Å²) in [4.78, 5) is 0. The largest absolute Gasteiger partial charge is 0.198 e. The maximum Gasteiger partial charge on any atom is 0.0686 e. The number of hydrogen-bond acceptors (Lipinski definition) is 1. The number of nitrogens with zero attached hydrogens (tertiary/aromatic N) is 1. The third-order valence-electron chi connectivity index (χ3n) is 4.01. The summed E-state index contributed by atoms with van der Waals surface area (Å²) in [5.41, 5.74) is -0.152. The average molecular weight is 237 g/mol. The van der Waals surface area contributed by atoms with Crippen molar-refractivity contribution in [1.29, 1.82) is 5.26 Å². The molecule has 0 saturated heterocycles. The van der Waals surface area contributed by atoms with Gasteiger partial charge in [-0.25, -0.2) is 0 Å².